The van der Waals surface area contributed by atoms with E-state index in [9.17, 15) is 14.7 Å². The largest absolute Gasteiger partial charge is 0.547 e. The maximum absolute atomic E-state index is 12.2. The van der Waals surface area contributed by atoms with E-state index in [0.717, 1.165) is 30.8 Å². The number of quaternary nitrogens is 1. The van der Waals surface area contributed by atoms with Crippen LogP contribution in [0.3, 0.4) is 0 Å². The molecule has 0 radical (unpaired) electrons. The molecule has 2 unspecified atom stereocenters. The predicted octanol–water partition coefficient (Wildman–Crippen LogP) is 5.09. The molecule has 202 valence electrons. The van der Waals surface area contributed by atoms with Crippen LogP contribution in [0.5, 0.6) is 0 Å². The molecule has 0 aliphatic carbocycles. The summed E-state index contributed by atoms with van der Waals surface area (Å²) in [4.78, 5) is 21.5. The molecule has 0 rings (SSSR count). The van der Waals surface area contributed by atoms with E-state index in [1.165, 1.54) is 77.0 Å². The molecule has 0 bridgehead atoms. The van der Waals surface area contributed by atoms with Gasteiger partial charge >= 0.3 is 0 Å². The van der Waals surface area contributed by atoms with Crippen molar-refractivity contribution in [3.05, 3.63) is 12.2 Å². The zero-order valence-electron chi connectivity index (χ0n) is 23.2. The molecule has 0 aromatic heterocycles. The normalized spacial score (nSPS) is 13.3. The van der Waals surface area contributed by atoms with Crippen molar-refractivity contribution in [2.45, 2.75) is 136 Å². The molecule has 0 fully saturated rings. The van der Waals surface area contributed by atoms with Crippen LogP contribution in [0.15, 0.2) is 12.2 Å². The van der Waals surface area contributed by atoms with Crippen LogP contribution in [0.1, 0.15) is 124 Å². The number of carboxylic acid groups (broad SMARTS) is 1. The number of aliphatic carboxylic acids is 1. The lowest BCUT2D eigenvalue weighted by molar-refractivity contribution is -0.915. The summed E-state index contributed by atoms with van der Waals surface area (Å²) < 4.78 is 0.856. The molecule has 0 heterocycles. The Bertz CT molecular complexity index is 519. The van der Waals surface area contributed by atoms with Gasteiger partial charge in [0, 0.05) is 12.8 Å². The Morgan fingerprint density at radius 2 is 1.29 bits per heavy atom. The average Bonchev–Trinajstić information content (AvgIpc) is 2.80. The molecule has 34 heavy (non-hydrogen) atoms. The average molecular weight is 485 g/mol. The minimum absolute atomic E-state index is 0.226. The van der Waals surface area contributed by atoms with E-state index in [-0.39, 0.29) is 12.1 Å². The van der Waals surface area contributed by atoms with Gasteiger partial charge in [-0.05, 0) is 46.0 Å². The Hall–Kier alpha value is -1.40. The van der Waals surface area contributed by atoms with Gasteiger partial charge in [-0.2, -0.15) is 0 Å². The number of amides is 1. The summed E-state index contributed by atoms with van der Waals surface area (Å²) in [6.45, 7) is 8.78. The first-order valence-electron chi connectivity index (χ1n) is 13.8. The van der Waals surface area contributed by atoms with E-state index >= 15 is 0 Å². The van der Waals surface area contributed by atoms with Crippen LogP contribution in [0.4, 0.5) is 0 Å². The number of carbonyl (C=O) groups is 2. The van der Waals surface area contributed by atoms with Crippen LogP contribution >= 0.6 is 0 Å². The lowest BCUT2D eigenvalue weighted by Crippen LogP contribution is -2.57. The summed E-state index contributed by atoms with van der Waals surface area (Å²) >= 11 is 0. The summed E-state index contributed by atoms with van der Waals surface area (Å²) in [6.07, 6.45) is 22.1. The lowest BCUT2D eigenvalue weighted by atomic mass is 10.1. The Morgan fingerprint density at radius 3 is 1.71 bits per heavy atom. The highest BCUT2D eigenvalue weighted by Gasteiger charge is 2.25. The van der Waals surface area contributed by atoms with E-state index in [2.05, 4.69) is 52.3 Å². The van der Waals surface area contributed by atoms with Gasteiger partial charge in [0.1, 0.15) is 0 Å². The molecule has 2 atom stereocenters. The number of unbranched alkanes of at least 4 members (excludes halogenated alkanes) is 11. The third-order valence-corrected chi connectivity index (χ3v) is 6.38. The molecular weight excluding hydrogens is 428 g/mol. The Labute approximate surface area is 210 Å². The Balaban J connectivity index is 0. The third kappa shape index (κ3) is 22.4. The maximum atomic E-state index is 12.2. The van der Waals surface area contributed by atoms with Gasteiger partial charge in [-0.15, -0.1) is 0 Å². The molecule has 0 aromatic carbocycles. The van der Waals surface area contributed by atoms with Crippen LogP contribution in [0.2, 0.25) is 0 Å². The molecule has 0 aromatic rings. The van der Waals surface area contributed by atoms with Crippen molar-refractivity contribution >= 4 is 11.9 Å². The van der Waals surface area contributed by atoms with Gasteiger partial charge in [0.05, 0.1) is 32.7 Å². The van der Waals surface area contributed by atoms with Crippen LogP contribution in [0, 0.1) is 0 Å². The molecular formula is C28H56N2O4. The zero-order valence-corrected chi connectivity index (χ0v) is 23.2. The van der Waals surface area contributed by atoms with Gasteiger partial charge in [-0.1, -0.05) is 77.4 Å². The van der Waals surface area contributed by atoms with Gasteiger partial charge < -0.3 is 24.8 Å². The van der Waals surface area contributed by atoms with E-state index in [4.69, 9.17) is 5.11 Å². The maximum Gasteiger partial charge on any atom is 0.224 e. The summed E-state index contributed by atoms with van der Waals surface area (Å²) in [5.74, 6) is -1.21. The van der Waals surface area contributed by atoms with Gasteiger partial charge in [-0.3, -0.25) is 4.79 Å². The van der Waals surface area contributed by atoms with Crippen molar-refractivity contribution < 1.29 is 24.3 Å². The van der Waals surface area contributed by atoms with Crippen molar-refractivity contribution in [2.24, 2.45) is 0 Å². The molecule has 6 nitrogen and oxygen atoms in total. The fraction of sp³-hybridized carbons (Fsp3) is 0.857. The number of rotatable bonds is 20. The van der Waals surface area contributed by atoms with Gasteiger partial charge in [-0.25, -0.2) is 0 Å². The van der Waals surface area contributed by atoms with E-state index in [1.54, 1.807) is 0 Å². The summed E-state index contributed by atoms with van der Waals surface area (Å²) in [5, 5.41) is 20.5. The van der Waals surface area contributed by atoms with Crippen LogP contribution in [-0.2, 0) is 9.59 Å². The van der Waals surface area contributed by atoms with Crippen molar-refractivity contribution in [3.63, 3.8) is 0 Å². The predicted molar refractivity (Wildman–Crippen MR) is 141 cm³/mol. The number of hydrogen-bond acceptors (Lipinski definition) is 4. The van der Waals surface area contributed by atoms with Gasteiger partial charge in [0.25, 0.3) is 0 Å². The Morgan fingerprint density at radius 1 is 0.853 bits per heavy atom. The van der Waals surface area contributed by atoms with E-state index in [1.807, 2.05) is 0 Å². The standard InChI is InChI=1S/C25H50N2O.C3H6O3/c1-6-9-10-11-12-13-14-15-16-17-18-19-20-21-22-23-25(28)26-24(7-2)27(4,5)8-3;1-2(4)3(5)6/h15-16,24H,6-14,17-23H2,1-5H3;2,4H,1H3,(H,5,6)/b16-15-;. The fourth-order valence-corrected chi connectivity index (χ4v) is 3.61. The number of aliphatic hydroxyl groups is 1. The summed E-state index contributed by atoms with van der Waals surface area (Å²) in [7, 11) is 4.38. The van der Waals surface area contributed by atoms with Crippen LogP contribution in [0.25, 0.3) is 0 Å². The van der Waals surface area contributed by atoms with Gasteiger partial charge in [0.2, 0.25) is 5.91 Å². The number of allylic oxidation sites excluding steroid dienone is 2. The van der Waals surface area contributed by atoms with Crippen molar-refractivity contribution in [1.29, 1.82) is 0 Å². The second kappa shape index (κ2) is 23.3. The first-order chi connectivity index (χ1) is 16.1. The monoisotopic (exact) mass is 484 g/mol. The van der Waals surface area contributed by atoms with Crippen molar-refractivity contribution in [1.82, 2.24) is 5.32 Å². The zero-order chi connectivity index (χ0) is 26.2. The second-order valence-electron chi connectivity index (χ2n) is 9.92. The molecule has 0 saturated carbocycles. The fourth-order valence-electron chi connectivity index (χ4n) is 3.61. The minimum Gasteiger partial charge on any atom is -0.547 e. The third-order valence-electron chi connectivity index (χ3n) is 6.38. The number of hydrogen-bond donors (Lipinski definition) is 2. The molecule has 0 aliphatic heterocycles. The number of carbonyl (C=O) groups excluding carboxylic acids is 2. The quantitative estimate of drug-likeness (QED) is 0.109. The summed E-state index contributed by atoms with van der Waals surface area (Å²) in [6, 6.07) is 0. The first kappa shape index (κ1) is 34.8. The van der Waals surface area contributed by atoms with Crippen molar-refractivity contribution in [3.8, 4) is 0 Å². The molecule has 2 N–H and O–H groups in total. The van der Waals surface area contributed by atoms with E-state index in [0.29, 0.717) is 6.42 Å². The molecule has 0 saturated heterocycles. The molecule has 0 aliphatic rings. The molecule has 1 amide bonds. The van der Waals surface area contributed by atoms with E-state index < -0.39 is 12.1 Å². The highest BCUT2D eigenvalue weighted by molar-refractivity contribution is 5.75. The van der Waals surface area contributed by atoms with Gasteiger partial charge in [0.15, 0.2) is 6.17 Å². The topological polar surface area (TPSA) is 89.5 Å². The number of carboxylic acids is 1. The summed E-state index contributed by atoms with van der Waals surface area (Å²) in [5.41, 5.74) is 0. The van der Waals surface area contributed by atoms with Crippen LogP contribution < -0.4 is 10.4 Å². The smallest absolute Gasteiger partial charge is 0.224 e. The second-order valence-corrected chi connectivity index (χ2v) is 9.92. The highest BCUT2D eigenvalue weighted by Crippen LogP contribution is 2.11. The molecule has 6 heteroatoms. The number of aliphatic hydroxyl groups excluding tert-OH is 1. The first-order valence-corrected chi connectivity index (χ1v) is 13.8. The lowest BCUT2D eigenvalue weighted by Gasteiger charge is -2.36. The number of nitrogens with one attached hydrogen (secondary N) is 1. The van der Waals surface area contributed by atoms with Crippen molar-refractivity contribution in [2.75, 3.05) is 20.6 Å². The minimum atomic E-state index is -1.44. The SMILES string of the molecule is CC(O)C(=O)[O-].CCCCCCCC/C=C\CCCCCCCC(=O)NC(CC)[N+](C)(C)CC. The highest BCUT2D eigenvalue weighted by atomic mass is 16.4. The Kier molecular flexibility index (Phi) is 23.9. The molecule has 0 spiro atoms. The van der Waals surface area contributed by atoms with Crippen LogP contribution in [-0.4, -0.2) is 54.4 Å². The number of nitrogens with zero attached hydrogens (tertiary/aromatic N) is 1.